The highest BCUT2D eigenvalue weighted by Crippen LogP contribution is 2.24. The molecular formula is C15H32N2O2. The van der Waals surface area contributed by atoms with Crippen LogP contribution in [0.2, 0.25) is 0 Å². The fraction of sp³-hybridized carbons (Fsp3) is 1.00. The van der Waals surface area contributed by atoms with Gasteiger partial charge in [0.1, 0.15) is 0 Å². The lowest BCUT2D eigenvalue weighted by atomic mass is 9.89. The molecule has 1 N–H and O–H groups in total. The molecule has 4 heteroatoms. The maximum absolute atomic E-state index is 5.33. The molecule has 4 nitrogen and oxygen atoms in total. The van der Waals surface area contributed by atoms with Crippen molar-refractivity contribution in [1.29, 1.82) is 0 Å². The Morgan fingerprint density at radius 3 is 2.68 bits per heavy atom. The molecule has 1 aliphatic rings. The minimum Gasteiger partial charge on any atom is -0.383 e. The quantitative estimate of drug-likeness (QED) is 0.695. The van der Waals surface area contributed by atoms with Gasteiger partial charge in [0.25, 0.3) is 0 Å². The van der Waals surface area contributed by atoms with Gasteiger partial charge in [-0.1, -0.05) is 13.3 Å². The zero-order chi connectivity index (χ0) is 14.1. The van der Waals surface area contributed by atoms with E-state index in [-0.39, 0.29) is 0 Å². The SMILES string of the molecule is CCNC1CCCC(N(CCOC)C(C)COC)C1. The van der Waals surface area contributed by atoms with Crippen molar-refractivity contribution in [2.45, 2.75) is 57.7 Å². The average molecular weight is 272 g/mol. The summed E-state index contributed by atoms with van der Waals surface area (Å²) in [5.74, 6) is 0. The van der Waals surface area contributed by atoms with Crippen LogP contribution in [0.3, 0.4) is 0 Å². The monoisotopic (exact) mass is 272 g/mol. The van der Waals surface area contributed by atoms with Crippen LogP contribution in [0.15, 0.2) is 0 Å². The normalized spacial score (nSPS) is 25.7. The second kappa shape index (κ2) is 9.70. The van der Waals surface area contributed by atoms with E-state index >= 15 is 0 Å². The molecule has 1 rings (SSSR count). The number of nitrogens with one attached hydrogen (secondary N) is 1. The van der Waals surface area contributed by atoms with Crippen molar-refractivity contribution in [3.63, 3.8) is 0 Å². The number of methoxy groups -OCH3 is 2. The maximum Gasteiger partial charge on any atom is 0.0615 e. The second-order valence-electron chi connectivity index (χ2n) is 5.61. The molecule has 3 atom stereocenters. The molecule has 1 saturated carbocycles. The smallest absolute Gasteiger partial charge is 0.0615 e. The van der Waals surface area contributed by atoms with Gasteiger partial charge in [0.2, 0.25) is 0 Å². The third-order valence-electron chi connectivity index (χ3n) is 4.14. The Morgan fingerprint density at radius 2 is 2.05 bits per heavy atom. The lowest BCUT2D eigenvalue weighted by molar-refractivity contribution is 0.0307. The highest BCUT2D eigenvalue weighted by atomic mass is 16.5. The van der Waals surface area contributed by atoms with E-state index in [2.05, 4.69) is 24.1 Å². The van der Waals surface area contributed by atoms with Crippen molar-refractivity contribution >= 4 is 0 Å². The fourth-order valence-electron chi connectivity index (χ4n) is 3.24. The predicted molar refractivity (Wildman–Crippen MR) is 79.6 cm³/mol. The van der Waals surface area contributed by atoms with E-state index in [4.69, 9.17) is 9.47 Å². The van der Waals surface area contributed by atoms with E-state index in [1.165, 1.54) is 25.7 Å². The average Bonchev–Trinajstić information content (AvgIpc) is 2.40. The van der Waals surface area contributed by atoms with Gasteiger partial charge in [0.15, 0.2) is 0 Å². The van der Waals surface area contributed by atoms with Crippen LogP contribution in [0.25, 0.3) is 0 Å². The first kappa shape index (κ1) is 16.9. The molecule has 19 heavy (non-hydrogen) atoms. The summed E-state index contributed by atoms with van der Waals surface area (Å²) in [5.41, 5.74) is 0. The number of nitrogens with zero attached hydrogens (tertiary/aromatic N) is 1. The zero-order valence-corrected chi connectivity index (χ0v) is 13.2. The summed E-state index contributed by atoms with van der Waals surface area (Å²) in [4.78, 5) is 2.58. The lowest BCUT2D eigenvalue weighted by Gasteiger charge is -2.40. The first-order valence-electron chi connectivity index (χ1n) is 7.69. The fourth-order valence-corrected chi connectivity index (χ4v) is 3.24. The van der Waals surface area contributed by atoms with Crippen LogP contribution in [0.1, 0.15) is 39.5 Å². The highest BCUT2D eigenvalue weighted by molar-refractivity contribution is 4.86. The van der Waals surface area contributed by atoms with Crippen molar-refractivity contribution in [2.24, 2.45) is 0 Å². The molecule has 114 valence electrons. The van der Waals surface area contributed by atoms with E-state index in [9.17, 15) is 0 Å². The lowest BCUT2D eigenvalue weighted by Crippen LogP contribution is -2.50. The molecule has 0 aromatic heterocycles. The standard InChI is InChI=1S/C15H32N2O2/c1-5-16-14-7-6-8-15(11-14)17(9-10-18-3)13(2)12-19-4/h13-16H,5-12H2,1-4H3. The summed E-state index contributed by atoms with van der Waals surface area (Å²) in [6.07, 6.45) is 5.21. The Kier molecular flexibility index (Phi) is 8.62. The van der Waals surface area contributed by atoms with Crippen LogP contribution >= 0.6 is 0 Å². The minimum atomic E-state index is 0.463. The molecular weight excluding hydrogens is 240 g/mol. The van der Waals surface area contributed by atoms with Gasteiger partial charge in [0.05, 0.1) is 13.2 Å². The molecule has 0 aliphatic heterocycles. The summed E-state index contributed by atoms with van der Waals surface area (Å²) >= 11 is 0. The number of hydrogen-bond donors (Lipinski definition) is 1. The van der Waals surface area contributed by atoms with Crippen LogP contribution in [-0.2, 0) is 9.47 Å². The van der Waals surface area contributed by atoms with Gasteiger partial charge in [-0.25, -0.2) is 0 Å². The van der Waals surface area contributed by atoms with Crippen LogP contribution in [0.4, 0.5) is 0 Å². The van der Waals surface area contributed by atoms with E-state index in [1.807, 2.05) is 0 Å². The zero-order valence-electron chi connectivity index (χ0n) is 13.2. The maximum atomic E-state index is 5.33. The second-order valence-corrected chi connectivity index (χ2v) is 5.61. The van der Waals surface area contributed by atoms with Crippen molar-refractivity contribution in [3.05, 3.63) is 0 Å². The summed E-state index contributed by atoms with van der Waals surface area (Å²) in [6, 6.07) is 1.81. The summed E-state index contributed by atoms with van der Waals surface area (Å²) < 4.78 is 10.6. The van der Waals surface area contributed by atoms with Gasteiger partial charge in [-0.3, -0.25) is 4.90 Å². The highest BCUT2D eigenvalue weighted by Gasteiger charge is 2.28. The van der Waals surface area contributed by atoms with Crippen molar-refractivity contribution < 1.29 is 9.47 Å². The summed E-state index contributed by atoms with van der Waals surface area (Å²) in [6.45, 7) is 8.13. The number of ether oxygens (including phenoxy) is 2. The molecule has 0 amide bonds. The first-order valence-corrected chi connectivity index (χ1v) is 7.69. The molecule has 3 unspecified atom stereocenters. The minimum absolute atomic E-state index is 0.463. The van der Waals surface area contributed by atoms with Gasteiger partial charge in [-0.2, -0.15) is 0 Å². The van der Waals surface area contributed by atoms with Crippen LogP contribution in [0.5, 0.6) is 0 Å². The Bertz CT molecular complexity index is 224. The molecule has 0 aromatic rings. The van der Waals surface area contributed by atoms with Crippen molar-refractivity contribution in [3.8, 4) is 0 Å². The van der Waals surface area contributed by atoms with E-state index in [0.717, 1.165) is 26.3 Å². The first-order chi connectivity index (χ1) is 9.22. The molecule has 0 bridgehead atoms. The Labute approximate surface area is 118 Å². The van der Waals surface area contributed by atoms with Crippen LogP contribution in [0, 0.1) is 0 Å². The van der Waals surface area contributed by atoms with Crippen molar-refractivity contribution in [2.75, 3.05) is 40.5 Å². The predicted octanol–water partition coefficient (Wildman–Crippen LogP) is 1.89. The number of hydrogen-bond acceptors (Lipinski definition) is 4. The summed E-state index contributed by atoms with van der Waals surface area (Å²) in [7, 11) is 3.56. The third kappa shape index (κ3) is 5.78. The number of rotatable bonds is 9. The summed E-state index contributed by atoms with van der Waals surface area (Å²) in [5, 5.41) is 3.61. The van der Waals surface area contributed by atoms with E-state index < -0.39 is 0 Å². The Morgan fingerprint density at radius 1 is 1.26 bits per heavy atom. The van der Waals surface area contributed by atoms with Gasteiger partial charge < -0.3 is 14.8 Å². The van der Waals surface area contributed by atoms with Crippen LogP contribution in [-0.4, -0.2) is 63.5 Å². The third-order valence-corrected chi connectivity index (χ3v) is 4.14. The van der Waals surface area contributed by atoms with Gasteiger partial charge in [-0.05, 0) is 32.7 Å². The van der Waals surface area contributed by atoms with Crippen molar-refractivity contribution in [1.82, 2.24) is 10.2 Å². The molecule has 1 aliphatic carbocycles. The molecule has 0 aromatic carbocycles. The molecule has 1 fully saturated rings. The van der Waals surface area contributed by atoms with Gasteiger partial charge in [-0.15, -0.1) is 0 Å². The van der Waals surface area contributed by atoms with Gasteiger partial charge >= 0.3 is 0 Å². The molecule has 0 heterocycles. The Balaban J connectivity index is 2.56. The Hall–Kier alpha value is -0.160. The molecule has 0 saturated heterocycles. The van der Waals surface area contributed by atoms with Gasteiger partial charge in [0, 0.05) is 38.9 Å². The van der Waals surface area contributed by atoms with E-state index in [0.29, 0.717) is 18.1 Å². The molecule has 0 spiro atoms. The van der Waals surface area contributed by atoms with Crippen LogP contribution < -0.4 is 5.32 Å². The largest absolute Gasteiger partial charge is 0.383 e. The van der Waals surface area contributed by atoms with E-state index in [1.54, 1.807) is 14.2 Å². The molecule has 0 radical (unpaired) electrons. The topological polar surface area (TPSA) is 33.7 Å².